The topological polar surface area (TPSA) is 138 Å². The highest BCUT2D eigenvalue weighted by Crippen LogP contribution is 2.30. The van der Waals surface area contributed by atoms with Crippen LogP contribution < -0.4 is 4.74 Å². The molecular formula is C44H74O8. The quantitative estimate of drug-likeness (QED) is 0.0271. The Morgan fingerprint density at radius 1 is 0.538 bits per heavy atom. The van der Waals surface area contributed by atoms with Crippen LogP contribution in [0.3, 0.4) is 0 Å². The highest BCUT2D eigenvalue weighted by Gasteiger charge is 2.55. The highest BCUT2D eigenvalue weighted by atomic mass is 16.5. The van der Waals surface area contributed by atoms with Crippen LogP contribution in [0.1, 0.15) is 211 Å². The summed E-state index contributed by atoms with van der Waals surface area (Å²) in [6.45, 7) is 5.60. The Morgan fingerprint density at radius 3 is 1.17 bits per heavy atom. The van der Waals surface area contributed by atoms with E-state index in [1.807, 2.05) is 0 Å². The maximum absolute atomic E-state index is 13.9. The monoisotopic (exact) mass is 731 g/mol. The molecule has 2 atom stereocenters. The number of hydrogen-bond donors (Lipinski definition) is 3. The predicted molar refractivity (Wildman–Crippen MR) is 210 cm³/mol. The van der Waals surface area contributed by atoms with Gasteiger partial charge in [0.15, 0.2) is 29.4 Å². The number of Topliss-reactive ketones (excluding diaryl/α,β-unsaturated/α-hetero) is 3. The number of benzene rings is 1. The fraction of sp³-hybridized carbons (Fsp3) is 0.773. The van der Waals surface area contributed by atoms with Gasteiger partial charge in [-0.1, -0.05) is 180 Å². The van der Waals surface area contributed by atoms with Gasteiger partial charge in [0.25, 0.3) is 0 Å². The summed E-state index contributed by atoms with van der Waals surface area (Å²) in [5.41, 5.74) is -3.46. The van der Waals surface area contributed by atoms with Crippen LogP contribution in [0.5, 0.6) is 5.75 Å². The van der Waals surface area contributed by atoms with Crippen molar-refractivity contribution in [2.24, 2.45) is 0 Å². The Bertz CT molecular complexity index is 1070. The average molecular weight is 731 g/mol. The van der Waals surface area contributed by atoms with Crippen LogP contribution in [-0.2, 0) is 14.4 Å². The van der Waals surface area contributed by atoms with E-state index in [0.717, 1.165) is 58.3 Å². The molecule has 52 heavy (non-hydrogen) atoms. The number of ketones is 3. The number of unbranched alkanes of at least 4 members (excludes halogenated alkanes) is 24. The van der Waals surface area contributed by atoms with Crippen LogP contribution >= 0.6 is 0 Å². The van der Waals surface area contributed by atoms with Gasteiger partial charge >= 0.3 is 5.97 Å². The SMILES string of the molecule is CCCCCCCCCCCCCCCC(=O)C(O)C(O)(C(=O)c1ccccc1OC(C)=O)C(O)C(=O)CCCCCCCCCCCCCCC. The van der Waals surface area contributed by atoms with E-state index in [-0.39, 0.29) is 24.2 Å². The number of carbonyl (C=O) groups is 4. The van der Waals surface area contributed by atoms with E-state index >= 15 is 0 Å². The van der Waals surface area contributed by atoms with Crippen molar-refractivity contribution in [3.05, 3.63) is 29.8 Å². The molecule has 8 heteroatoms. The van der Waals surface area contributed by atoms with E-state index in [1.54, 1.807) is 0 Å². The van der Waals surface area contributed by atoms with Crippen molar-refractivity contribution in [2.75, 3.05) is 0 Å². The first kappa shape index (κ1) is 47.6. The van der Waals surface area contributed by atoms with E-state index in [9.17, 15) is 34.5 Å². The van der Waals surface area contributed by atoms with Gasteiger partial charge < -0.3 is 20.1 Å². The van der Waals surface area contributed by atoms with Gasteiger partial charge in [0.2, 0.25) is 5.78 Å². The second-order valence-electron chi connectivity index (χ2n) is 15.0. The lowest BCUT2D eigenvalue weighted by atomic mass is 9.77. The number of carbonyl (C=O) groups excluding carboxylic acids is 4. The van der Waals surface area contributed by atoms with Crippen molar-refractivity contribution in [3.8, 4) is 5.75 Å². The third-order valence-corrected chi connectivity index (χ3v) is 10.2. The smallest absolute Gasteiger partial charge is 0.308 e. The molecule has 0 saturated heterocycles. The second kappa shape index (κ2) is 30.0. The van der Waals surface area contributed by atoms with Gasteiger partial charge in [-0.2, -0.15) is 0 Å². The molecule has 3 N–H and O–H groups in total. The molecule has 0 fully saturated rings. The van der Waals surface area contributed by atoms with Gasteiger partial charge in [-0.15, -0.1) is 0 Å². The molecule has 1 aromatic rings. The molecule has 0 heterocycles. The molecule has 0 aromatic heterocycles. The molecule has 8 nitrogen and oxygen atoms in total. The van der Waals surface area contributed by atoms with Crippen LogP contribution in [0.15, 0.2) is 24.3 Å². The zero-order valence-corrected chi connectivity index (χ0v) is 33.1. The number of hydrogen-bond acceptors (Lipinski definition) is 8. The normalized spacial score (nSPS) is 13.7. The Labute approximate surface area is 315 Å². The zero-order valence-electron chi connectivity index (χ0n) is 33.1. The predicted octanol–water partition coefficient (Wildman–Crippen LogP) is 10.3. The minimum absolute atomic E-state index is 0.111. The first-order valence-electron chi connectivity index (χ1n) is 21.1. The molecule has 0 saturated carbocycles. The summed E-state index contributed by atoms with van der Waals surface area (Å²) < 4.78 is 5.14. The van der Waals surface area contributed by atoms with E-state index in [4.69, 9.17) is 4.74 Å². The van der Waals surface area contributed by atoms with E-state index in [2.05, 4.69) is 13.8 Å². The molecule has 0 bridgehead atoms. The highest BCUT2D eigenvalue weighted by molar-refractivity contribution is 6.11. The van der Waals surface area contributed by atoms with E-state index in [0.29, 0.717) is 12.8 Å². The van der Waals surface area contributed by atoms with Crippen molar-refractivity contribution >= 4 is 23.3 Å². The molecule has 0 radical (unpaired) electrons. The average Bonchev–Trinajstić information content (AvgIpc) is 3.13. The summed E-state index contributed by atoms with van der Waals surface area (Å²) in [5, 5.41) is 34.1. The molecule has 298 valence electrons. The Hall–Kier alpha value is -2.42. The summed E-state index contributed by atoms with van der Waals surface area (Å²) in [5.74, 6) is -3.82. The molecule has 2 unspecified atom stereocenters. The summed E-state index contributed by atoms with van der Waals surface area (Å²) >= 11 is 0. The van der Waals surface area contributed by atoms with Crippen molar-refractivity contribution in [2.45, 2.75) is 218 Å². The lowest BCUT2D eigenvalue weighted by Gasteiger charge is -2.34. The number of para-hydroxylation sites is 1. The van der Waals surface area contributed by atoms with Gasteiger partial charge in [-0.05, 0) is 25.0 Å². The number of esters is 1. The molecule has 1 aromatic carbocycles. The maximum Gasteiger partial charge on any atom is 0.308 e. The van der Waals surface area contributed by atoms with Crippen LogP contribution in [0.4, 0.5) is 0 Å². The minimum Gasteiger partial charge on any atom is -0.426 e. The largest absolute Gasteiger partial charge is 0.426 e. The molecular weight excluding hydrogens is 656 g/mol. The number of aliphatic hydroxyl groups excluding tert-OH is 2. The third kappa shape index (κ3) is 19.6. The van der Waals surface area contributed by atoms with Crippen LogP contribution in [0.2, 0.25) is 0 Å². The number of ether oxygens (including phenoxy) is 1. The van der Waals surface area contributed by atoms with Gasteiger partial charge in [0, 0.05) is 19.8 Å². The van der Waals surface area contributed by atoms with Crippen molar-refractivity contribution in [3.63, 3.8) is 0 Å². The molecule has 0 aliphatic heterocycles. The van der Waals surface area contributed by atoms with Crippen molar-refractivity contribution < 1.29 is 39.2 Å². The van der Waals surface area contributed by atoms with Gasteiger partial charge in [0.1, 0.15) is 5.75 Å². The van der Waals surface area contributed by atoms with E-state index in [1.165, 1.54) is 127 Å². The second-order valence-corrected chi connectivity index (χ2v) is 15.0. The van der Waals surface area contributed by atoms with E-state index < -0.39 is 41.1 Å². The minimum atomic E-state index is -3.14. The van der Waals surface area contributed by atoms with Gasteiger partial charge in [-0.25, -0.2) is 0 Å². The maximum atomic E-state index is 13.9. The lowest BCUT2D eigenvalue weighted by Crippen LogP contribution is -2.63. The Morgan fingerprint density at radius 2 is 0.846 bits per heavy atom. The lowest BCUT2D eigenvalue weighted by molar-refractivity contribution is -0.160. The fourth-order valence-electron chi connectivity index (χ4n) is 6.91. The van der Waals surface area contributed by atoms with Crippen LogP contribution in [0.25, 0.3) is 0 Å². The molecule has 0 aliphatic carbocycles. The molecule has 1 rings (SSSR count). The van der Waals surface area contributed by atoms with Crippen molar-refractivity contribution in [1.82, 2.24) is 0 Å². The van der Waals surface area contributed by atoms with Crippen LogP contribution in [-0.4, -0.2) is 56.4 Å². The summed E-state index contributed by atoms with van der Waals surface area (Å²) in [6, 6.07) is 5.57. The third-order valence-electron chi connectivity index (χ3n) is 10.2. The van der Waals surface area contributed by atoms with Gasteiger partial charge in [0.05, 0.1) is 5.56 Å². The molecule has 0 spiro atoms. The number of rotatable bonds is 35. The van der Waals surface area contributed by atoms with Crippen molar-refractivity contribution in [1.29, 1.82) is 0 Å². The Kier molecular flexibility index (Phi) is 27.4. The van der Waals surface area contributed by atoms with Gasteiger partial charge in [-0.3, -0.25) is 19.2 Å². The number of aliphatic hydroxyl groups is 3. The van der Waals surface area contributed by atoms with Crippen LogP contribution in [0, 0.1) is 0 Å². The summed E-state index contributed by atoms with van der Waals surface area (Å²) in [7, 11) is 0. The summed E-state index contributed by atoms with van der Waals surface area (Å²) in [6.07, 6.45) is 24.2. The molecule has 0 aliphatic rings. The zero-order chi connectivity index (χ0) is 38.5. The Balaban J connectivity index is 2.70. The standard InChI is InChI=1S/C44H74O8/c1-4-6-8-10-12-14-16-18-20-22-24-26-28-33-38(46)42(49)44(51,41(48)37-32-30-31-35-40(37)52-36(3)45)43(50)39(47)34-29-27-25-23-21-19-17-15-13-11-9-7-5-2/h30-32,35,42-43,49-51H,4-29,33-34H2,1-3H3. The summed E-state index contributed by atoms with van der Waals surface area (Å²) in [4.78, 5) is 52.1. The first-order chi connectivity index (χ1) is 25.1. The fourth-order valence-corrected chi connectivity index (χ4v) is 6.91. The molecule has 0 amide bonds. The first-order valence-corrected chi connectivity index (χ1v) is 21.1.